The van der Waals surface area contributed by atoms with Crippen molar-refractivity contribution in [3.05, 3.63) is 29.8 Å². The minimum Gasteiger partial charge on any atom is -0.307 e. The van der Waals surface area contributed by atoms with E-state index in [9.17, 15) is 4.39 Å². The zero-order chi connectivity index (χ0) is 10.8. The quantitative estimate of drug-likeness (QED) is 0.796. The Balaban J connectivity index is 2.13. The predicted octanol–water partition coefficient (Wildman–Crippen LogP) is 2.38. The van der Waals surface area contributed by atoms with Gasteiger partial charge in [0.1, 0.15) is 5.82 Å². The van der Waals surface area contributed by atoms with Crippen LogP contribution in [0.1, 0.15) is 25.6 Å². The summed E-state index contributed by atoms with van der Waals surface area (Å²) in [6, 6.07) is 3.48. The molecule has 0 aromatic carbocycles. The van der Waals surface area contributed by atoms with Crippen molar-refractivity contribution in [2.45, 2.75) is 30.4 Å². The van der Waals surface area contributed by atoms with Gasteiger partial charge in [0, 0.05) is 17.0 Å². The molecule has 3 unspecified atom stereocenters. The van der Waals surface area contributed by atoms with E-state index >= 15 is 0 Å². The molecular formula is C11H15FN2S. The van der Waals surface area contributed by atoms with Gasteiger partial charge in [-0.1, -0.05) is 13.8 Å². The van der Waals surface area contributed by atoms with Gasteiger partial charge in [0.05, 0.1) is 17.9 Å². The molecule has 2 heterocycles. The molecule has 1 aromatic heterocycles. The maximum Gasteiger partial charge on any atom is 0.141 e. The first-order valence-corrected chi connectivity index (χ1v) is 6.11. The van der Waals surface area contributed by atoms with Gasteiger partial charge in [0.2, 0.25) is 0 Å². The Bertz CT molecular complexity index is 328. The maximum atomic E-state index is 12.7. The highest BCUT2D eigenvalue weighted by molar-refractivity contribution is 8.00. The topological polar surface area (TPSA) is 24.9 Å². The summed E-state index contributed by atoms with van der Waals surface area (Å²) in [7, 11) is 0. The Morgan fingerprint density at radius 2 is 2.27 bits per heavy atom. The molecule has 0 spiro atoms. The molecule has 0 saturated carbocycles. The van der Waals surface area contributed by atoms with E-state index in [1.54, 1.807) is 6.07 Å². The Kier molecular flexibility index (Phi) is 3.26. The van der Waals surface area contributed by atoms with Crippen LogP contribution in [0.3, 0.4) is 0 Å². The van der Waals surface area contributed by atoms with Gasteiger partial charge in [-0.3, -0.25) is 4.98 Å². The summed E-state index contributed by atoms with van der Waals surface area (Å²) in [6.07, 6.45) is 1.28. The number of rotatable bonds is 1. The molecule has 3 atom stereocenters. The Hall–Kier alpha value is -0.610. The van der Waals surface area contributed by atoms with Gasteiger partial charge >= 0.3 is 0 Å². The molecule has 4 heteroatoms. The van der Waals surface area contributed by atoms with E-state index in [-0.39, 0.29) is 11.9 Å². The first-order chi connectivity index (χ1) is 7.16. The SMILES string of the molecule is CC1CNC(c2ccc(F)cn2)C(C)S1. The van der Waals surface area contributed by atoms with Gasteiger partial charge in [-0.25, -0.2) is 4.39 Å². The summed E-state index contributed by atoms with van der Waals surface area (Å²) < 4.78 is 12.7. The molecular weight excluding hydrogens is 211 g/mol. The van der Waals surface area contributed by atoms with Crippen molar-refractivity contribution < 1.29 is 4.39 Å². The van der Waals surface area contributed by atoms with Gasteiger partial charge < -0.3 is 5.32 Å². The molecule has 15 heavy (non-hydrogen) atoms. The Morgan fingerprint density at radius 3 is 2.87 bits per heavy atom. The van der Waals surface area contributed by atoms with Crippen LogP contribution in [0.2, 0.25) is 0 Å². The van der Waals surface area contributed by atoms with Crippen LogP contribution in [-0.2, 0) is 0 Å². The van der Waals surface area contributed by atoms with E-state index in [1.807, 2.05) is 11.8 Å². The number of nitrogens with one attached hydrogen (secondary N) is 1. The molecule has 1 fully saturated rings. The van der Waals surface area contributed by atoms with Crippen molar-refractivity contribution in [3.8, 4) is 0 Å². The molecule has 1 saturated heterocycles. The predicted molar refractivity (Wildman–Crippen MR) is 61.5 cm³/mol. The van der Waals surface area contributed by atoms with Gasteiger partial charge in [0.15, 0.2) is 0 Å². The lowest BCUT2D eigenvalue weighted by atomic mass is 10.1. The highest BCUT2D eigenvalue weighted by Gasteiger charge is 2.27. The fraction of sp³-hybridized carbons (Fsp3) is 0.545. The molecule has 0 bridgehead atoms. The Morgan fingerprint density at radius 1 is 1.47 bits per heavy atom. The second-order valence-corrected chi connectivity index (χ2v) is 5.76. The Labute approximate surface area is 93.7 Å². The second-order valence-electron chi connectivity index (χ2n) is 3.94. The average molecular weight is 226 g/mol. The summed E-state index contributed by atoms with van der Waals surface area (Å²) in [4.78, 5) is 4.13. The minimum absolute atomic E-state index is 0.242. The van der Waals surface area contributed by atoms with E-state index in [1.165, 1.54) is 12.3 Å². The smallest absolute Gasteiger partial charge is 0.141 e. The van der Waals surface area contributed by atoms with Crippen LogP contribution in [0.15, 0.2) is 18.3 Å². The largest absolute Gasteiger partial charge is 0.307 e. The van der Waals surface area contributed by atoms with E-state index in [2.05, 4.69) is 24.1 Å². The van der Waals surface area contributed by atoms with Gasteiger partial charge in [-0.05, 0) is 12.1 Å². The normalized spacial score (nSPS) is 31.5. The van der Waals surface area contributed by atoms with Crippen LogP contribution < -0.4 is 5.32 Å². The van der Waals surface area contributed by atoms with Crippen molar-refractivity contribution in [3.63, 3.8) is 0 Å². The maximum absolute atomic E-state index is 12.7. The fourth-order valence-electron chi connectivity index (χ4n) is 1.87. The summed E-state index contributed by atoms with van der Waals surface area (Å²) >= 11 is 1.95. The number of pyridine rings is 1. The third kappa shape index (κ3) is 2.49. The number of hydrogen-bond donors (Lipinski definition) is 1. The van der Waals surface area contributed by atoms with E-state index in [0.29, 0.717) is 10.5 Å². The first kappa shape index (κ1) is 10.9. The second kappa shape index (κ2) is 4.49. The highest BCUT2D eigenvalue weighted by atomic mass is 32.2. The standard InChI is InChI=1S/C11H15FN2S/c1-7-5-14-11(8(2)15-7)10-4-3-9(12)6-13-10/h3-4,6-8,11,14H,5H2,1-2H3. The van der Waals surface area contributed by atoms with Crippen LogP contribution in [0.5, 0.6) is 0 Å². The average Bonchev–Trinajstić information content (AvgIpc) is 2.20. The number of thioether (sulfide) groups is 1. The molecule has 82 valence electrons. The molecule has 1 N–H and O–H groups in total. The summed E-state index contributed by atoms with van der Waals surface area (Å²) in [5.74, 6) is -0.275. The van der Waals surface area contributed by atoms with Crippen LogP contribution in [0.4, 0.5) is 4.39 Å². The zero-order valence-electron chi connectivity index (χ0n) is 8.90. The van der Waals surface area contributed by atoms with Crippen LogP contribution in [0, 0.1) is 5.82 Å². The molecule has 1 aromatic rings. The molecule has 0 amide bonds. The van der Waals surface area contributed by atoms with Crippen molar-refractivity contribution in [1.29, 1.82) is 0 Å². The lowest BCUT2D eigenvalue weighted by Gasteiger charge is -2.32. The van der Waals surface area contributed by atoms with Gasteiger partial charge in [-0.15, -0.1) is 0 Å². The molecule has 2 nitrogen and oxygen atoms in total. The van der Waals surface area contributed by atoms with Crippen LogP contribution in [0.25, 0.3) is 0 Å². The number of nitrogens with zero attached hydrogens (tertiary/aromatic N) is 1. The van der Waals surface area contributed by atoms with Gasteiger partial charge in [0.25, 0.3) is 0 Å². The van der Waals surface area contributed by atoms with Crippen molar-refractivity contribution >= 4 is 11.8 Å². The number of hydrogen-bond acceptors (Lipinski definition) is 3. The van der Waals surface area contributed by atoms with E-state index in [4.69, 9.17) is 0 Å². The van der Waals surface area contributed by atoms with Crippen LogP contribution >= 0.6 is 11.8 Å². The third-order valence-electron chi connectivity index (χ3n) is 2.61. The molecule has 2 rings (SSSR count). The summed E-state index contributed by atoms with van der Waals surface area (Å²) in [5, 5.41) is 4.56. The lowest BCUT2D eigenvalue weighted by Crippen LogP contribution is -2.39. The molecule has 0 aliphatic carbocycles. The lowest BCUT2D eigenvalue weighted by molar-refractivity contribution is 0.497. The van der Waals surface area contributed by atoms with Crippen LogP contribution in [-0.4, -0.2) is 22.0 Å². The van der Waals surface area contributed by atoms with Gasteiger partial charge in [-0.2, -0.15) is 11.8 Å². The fourth-order valence-corrected chi connectivity index (χ4v) is 3.19. The minimum atomic E-state index is -0.275. The summed E-state index contributed by atoms with van der Waals surface area (Å²) in [6.45, 7) is 5.38. The van der Waals surface area contributed by atoms with Crippen molar-refractivity contribution in [1.82, 2.24) is 10.3 Å². The number of aromatic nitrogens is 1. The summed E-state index contributed by atoms with van der Waals surface area (Å²) in [5.41, 5.74) is 0.934. The molecule has 0 radical (unpaired) electrons. The van der Waals surface area contributed by atoms with Crippen molar-refractivity contribution in [2.75, 3.05) is 6.54 Å². The van der Waals surface area contributed by atoms with Crippen molar-refractivity contribution in [2.24, 2.45) is 0 Å². The highest BCUT2D eigenvalue weighted by Crippen LogP contribution is 2.32. The first-order valence-electron chi connectivity index (χ1n) is 5.17. The molecule has 1 aliphatic rings. The third-order valence-corrected chi connectivity index (χ3v) is 3.94. The monoisotopic (exact) mass is 226 g/mol. The van der Waals surface area contributed by atoms with E-state index < -0.39 is 0 Å². The zero-order valence-corrected chi connectivity index (χ0v) is 9.72. The van der Waals surface area contributed by atoms with E-state index in [0.717, 1.165) is 12.2 Å². The number of halogens is 1. The molecule has 1 aliphatic heterocycles.